The van der Waals surface area contributed by atoms with E-state index in [0.717, 1.165) is 23.7 Å². The standard InChI is InChI=1S/C14H20N2O2S.ClH/c1-19(18)10-12-3-2-4-13(7-12)16-14(17)9-15-8-11-5-6-11;/h2-4,7,11,15H,5-6,8-10H2,1H3,(H,16,17);1H. The first-order chi connectivity index (χ1) is 9.13. The Kier molecular flexibility index (Phi) is 7.19. The van der Waals surface area contributed by atoms with E-state index in [4.69, 9.17) is 0 Å². The summed E-state index contributed by atoms with van der Waals surface area (Å²) in [6.07, 6.45) is 4.24. The van der Waals surface area contributed by atoms with E-state index >= 15 is 0 Å². The second-order valence-electron chi connectivity index (χ2n) is 5.04. The SMILES string of the molecule is CS(=O)Cc1cccc(NC(=O)CNCC2CC2)c1.Cl. The summed E-state index contributed by atoms with van der Waals surface area (Å²) < 4.78 is 11.2. The van der Waals surface area contributed by atoms with Crippen molar-refractivity contribution in [3.63, 3.8) is 0 Å². The summed E-state index contributed by atoms with van der Waals surface area (Å²) >= 11 is 0. The van der Waals surface area contributed by atoms with Gasteiger partial charge in [-0.2, -0.15) is 0 Å². The summed E-state index contributed by atoms with van der Waals surface area (Å²) in [5.41, 5.74) is 1.74. The van der Waals surface area contributed by atoms with E-state index in [1.165, 1.54) is 12.8 Å². The van der Waals surface area contributed by atoms with E-state index in [-0.39, 0.29) is 18.3 Å². The maximum Gasteiger partial charge on any atom is 0.238 e. The quantitative estimate of drug-likeness (QED) is 0.808. The Hall–Kier alpha value is -0.910. The third-order valence-corrected chi connectivity index (χ3v) is 3.74. The van der Waals surface area contributed by atoms with Crippen molar-refractivity contribution < 1.29 is 9.00 Å². The Morgan fingerprint density at radius 1 is 1.40 bits per heavy atom. The fraction of sp³-hybridized carbons (Fsp3) is 0.500. The number of anilines is 1. The van der Waals surface area contributed by atoms with E-state index in [1.807, 2.05) is 24.3 Å². The van der Waals surface area contributed by atoms with Gasteiger partial charge in [0.25, 0.3) is 0 Å². The summed E-state index contributed by atoms with van der Waals surface area (Å²) in [7, 11) is -0.866. The zero-order valence-corrected chi connectivity index (χ0v) is 13.2. The van der Waals surface area contributed by atoms with Crippen LogP contribution in [0.2, 0.25) is 0 Å². The van der Waals surface area contributed by atoms with Crippen LogP contribution in [0.25, 0.3) is 0 Å². The number of rotatable bonds is 7. The Morgan fingerprint density at radius 2 is 2.15 bits per heavy atom. The number of hydrogen-bond donors (Lipinski definition) is 2. The van der Waals surface area contributed by atoms with Crippen LogP contribution in [0, 0.1) is 5.92 Å². The van der Waals surface area contributed by atoms with E-state index in [9.17, 15) is 9.00 Å². The van der Waals surface area contributed by atoms with Crippen LogP contribution >= 0.6 is 12.4 Å². The average molecular weight is 317 g/mol. The zero-order chi connectivity index (χ0) is 13.7. The maximum absolute atomic E-state index is 11.7. The molecule has 6 heteroatoms. The minimum Gasteiger partial charge on any atom is -0.325 e. The monoisotopic (exact) mass is 316 g/mol. The molecule has 0 radical (unpaired) electrons. The Labute approximate surface area is 128 Å². The average Bonchev–Trinajstić information content (AvgIpc) is 3.12. The molecule has 1 atom stereocenters. The number of carbonyl (C=O) groups excluding carboxylic acids is 1. The highest BCUT2D eigenvalue weighted by atomic mass is 35.5. The topological polar surface area (TPSA) is 58.2 Å². The molecule has 2 N–H and O–H groups in total. The predicted molar refractivity (Wildman–Crippen MR) is 85.7 cm³/mol. The highest BCUT2D eigenvalue weighted by Crippen LogP contribution is 2.27. The molecule has 1 aliphatic rings. The third kappa shape index (κ3) is 6.50. The predicted octanol–water partition coefficient (Wildman–Crippen LogP) is 1.92. The van der Waals surface area contributed by atoms with Gasteiger partial charge in [0.2, 0.25) is 5.91 Å². The number of benzene rings is 1. The van der Waals surface area contributed by atoms with Crippen molar-refractivity contribution in [2.45, 2.75) is 18.6 Å². The van der Waals surface area contributed by atoms with E-state index < -0.39 is 10.8 Å². The molecule has 1 saturated carbocycles. The van der Waals surface area contributed by atoms with Crippen molar-refractivity contribution in [3.8, 4) is 0 Å². The summed E-state index contributed by atoms with van der Waals surface area (Å²) in [6, 6.07) is 7.51. The van der Waals surface area contributed by atoms with Gasteiger partial charge in [-0.15, -0.1) is 12.4 Å². The first-order valence-electron chi connectivity index (χ1n) is 6.53. The molecule has 1 aromatic rings. The molecular formula is C14H21ClN2O2S. The van der Waals surface area contributed by atoms with E-state index in [2.05, 4.69) is 10.6 Å². The van der Waals surface area contributed by atoms with Gasteiger partial charge in [0.15, 0.2) is 0 Å². The van der Waals surface area contributed by atoms with Crippen LogP contribution in [0.15, 0.2) is 24.3 Å². The molecular weight excluding hydrogens is 296 g/mol. The molecule has 1 amide bonds. The number of hydrogen-bond acceptors (Lipinski definition) is 3. The first-order valence-corrected chi connectivity index (χ1v) is 8.26. The van der Waals surface area contributed by atoms with Gasteiger partial charge in [-0.05, 0) is 43.0 Å². The largest absolute Gasteiger partial charge is 0.325 e. The van der Waals surface area contributed by atoms with Crippen molar-refractivity contribution in [2.75, 3.05) is 24.7 Å². The molecule has 0 aromatic heterocycles. The van der Waals surface area contributed by atoms with Gasteiger partial charge < -0.3 is 10.6 Å². The number of nitrogens with one attached hydrogen (secondary N) is 2. The summed E-state index contributed by atoms with van der Waals surface area (Å²) in [4.78, 5) is 11.7. The summed E-state index contributed by atoms with van der Waals surface area (Å²) in [5, 5.41) is 6.00. The van der Waals surface area contributed by atoms with Crippen LogP contribution in [0.5, 0.6) is 0 Å². The highest BCUT2D eigenvalue weighted by Gasteiger charge is 2.20. The molecule has 0 bridgehead atoms. The van der Waals surface area contributed by atoms with Crippen molar-refractivity contribution in [2.24, 2.45) is 5.92 Å². The lowest BCUT2D eigenvalue weighted by molar-refractivity contribution is -0.115. The molecule has 0 aliphatic heterocycles. The molecule has 20 heavy (non-hydrogen) atoms. The minimum atomic E-state index is -0.866. The second kappa shape index (κ2) is 8.39. The minimum absolute atomic E-state index is 0. The lowest BCUT2D eigenvalue weighted by atomic mass is 10.2. The summed E-state index contributed by atoms with van der Waals surface area (Å²) in [6.45, 7) is 1.28. The van der Waals surface area contributed by atoms with Crippen LogP contribution in [0.1, 0.15) is 18.4 Å². The Balaban J connectivity index is 0.00000200. The molecule has 2 rings (SSSR count). The molecule has 4 nitrogen and oxygen atoms in total. The molecule has 0 heterocycles. The molecule has 1 fully saturated rings. The Morgan fingerprint density at radius 3 is 2.80 bits per heavy atom. The van der Waals surface area contributed by atoms with Crippen molar-refractivity contribution in [3.05, 3.63) is 29.8 Å². The highest BCUT2D eigenvalue weighted by molar-refractivity contribution is 7.83. The van der Waals surface area contributed by atoms with Crippen molar-refractivity contribution in [1.29, 1.82) is 0 Å². The molecule has 0 saturated heterocycles. The summed E-state index contributed by atoms with van der Waals surface area (Å²) in [5.74, 6) is 1.26. The third-order valence-electron chi connectivity index (χ3n) is 3.00. The zero-order valence-electron chi connectivity index (χ0n) is 11.6. The molecule has 112 valence electrons. The van der Waals surface area contributed by atoms with Gasteiger partial charge in [0, 0.05) is 28.5 Å². The van der Waals surface area contributed by atoms with Gasteiger partial charge in [-0.25, -0.2) is 0 Å². The number of carbonyl (C=O) groups is 1. The van der Waals surface area contributed by atoms with Gasteiger partial charge in [0.05, 0.1) is 6.54 Å². The fourth-order valence-electron chi connectivity index (χ4n) is 1.89. The van der Waals surface area contributed by atoms with Gasteiger partial charge in [-0.1, -0.05) is 12.1 Å². The first kappa shape index (κ1) is 17.1. The lowest BCUT2D eigenvalue weighted by Crippen LogP contribution is -2.29. The van der Waals surface area contributed by atoms with Gasteiger partial charge in [0.1, 0.15) is 0 Å². The van der Waals surface area contributed by atoms with Crippen molar-refractivity contribution >= 4 is 34.8 Å². The lowest BCUT2D eigenvalue weighted by Gasteiger charge is -2.07. The smallest absolute Gasteiger partial charge is 0.238 e. The fourth-order valence-corrected chi connectivity index (χ4v) is 2.54. The van der Waals surface area contributed by atoms with Crippen LogP contribution in [-0.4, -0.2) is 29.5 Å². The van der Waals surface area contributed by atoms with Crippen LogP contribution in [-0.2, 0) is 21.3 Å². The molecule has 1 aromatic carbocycles. The number of halogens is 1. The van der Waals surface area contributed by atoms with E-state index in [0.29, 0.717) is 12.3 Å². The molecule has 1 unspecified atom stereocenters. The normalized spacial score (nSPS) is 15.2. The second-order valence-corrected chi connectivity index (χ2v) is 6.48. The van der Waals surface area contributed by atoms with E-state index in [1.54, 1.807) is 6.26 Å². The van der Waals surface area contributed by atoms with Crippen LogP contribution in [0.4, 0.5) is 5.69 Å². The van der Waals surface area contributed by atoms with Gasteiger partial charge >= 0.3 is 0 Å². The molecule has 1 aliphatic carbocycles. The van der Waals surface area contributed by atoms with Gasteiger partial charge in [-0.3, -0.25) is 9.00 Å². The Bertz CT molecular complexity index is 478. The maximum atomic E-state index is 11.7. The molecule has 0 spiro atoms. The number of amides is 1. The van der Waals surface area contributed by atoms with Crippen molar-refractivity contribution in [1.82, 2.24) is 5.32 Å². The van der Waals surface area contributed by atoms with Crippen LogP contribution in [0.3, 0.4) is 0 Å². The van der Waals surface area contributed by atoms with Crippen LogP contribution < -0.4 is 10.6 Å².